The van der Waals surface area contributed by atoms with Crippen molar-refractivity contribution in [3.05, 3.63) is 11.5 Å². The number of nitrogens with one attached hydrogen (secondary N) is 1. The van der Waals surface area contributed by atoms with E-state index in [0.29, 0.717) is 5.15 Å². The number of aromatic nitrogens is 2. The highest BCUT2D eigenvalue weighted by Gasteiger charge is 2.38. The van der Waals surface area contributed by atoms with E-state index < -0.39 is 0 Å². The second-order valence-electron chi connectivity index (χ2n) is 5.98. The van der Waals surface area contributed by atoms with E-state index in [1.165, 1.54) is 32.0 Å². The van der Waals surface area contributed by atoms with Crippen molar-refractivity contribution in [1.82, 2.24) is 9.97 Å². The lowest BCUT2D eigenvalue weighted by Gasteiger charge is -2.43. The van der Waals surface area contributed by atoms with Crippen LogP contribution in [0.4, 0.5) is 11.5 Å². The summed E-state index contributed by atoms with van der Waals surface area (Å²) in [5.41, 5.74) is 0.807. The maximum atomic E-state index is 6.20. The van der Waals surface area contributed by atoms with Gasteiger partial charge >= 0.3 is 0 Å². The molecular formula is C15H23ClN4O. The molecule has 1 saturated heterocycles. The number of anilines is 2. The van der Waals surface area contributed by atoms with Crippen LogP contribution in [0.5, 0.6) is 0 Å². The van der Waals surface area contributed by atoms with Crippen LogP contribution < -0.4 is 10.2 Å². The molecule has 6 heteroatoms. The van der Waals surface area contributed by atoms with Crippen LogP contribution in [0, 0.1) is 0 Å². The van der Waals surface area contributed by atoms with Gasteiger partial charge in [-0.15, -0.1) is 0 Å². The Hall–Kier alpha value is -1.07. The van der Waals surface area contributed by atoms with Gasteiger partial charge in [0.05, 0.1) is 12.2 Å². The summed E-state index contributed by atoms with van der Waals surface area (Å²) in [6, 6.07) is 0. The van der Waals surface area contributed by atoms with Crippen LogP contribution in [0.15, 0.2) is 6.33 Å². The summed E-state index contributed by atoms with van der Waals surface area (Å²) in [6.07, 6.45) is 9.01. The molecule has 3 rings (SSSR count). The molecule has 0 radical (unpaired) electrons. The highest BCUT2D eigenvalue weighted by atomic mass is 35.5. The van der Waals surface area contributed by atoms with E-state index in [2.05, 4.69) is 20.2 Å². The molecule has 0 unspecified atom stereocenters. The highest BCUT2D eigenvalue weighted by molar-refractivity contribution is 6.32. The number of halogens is 1. The maximum absolute atomic E-state index is 6.20. The quantitative estimate of drug-likeness (QED) is 0.851. The largest absolute Gasteiger partial charge is 0.383 e. The Labute approximate surface area is 131 Å². The van der Waals surface area contributed by atoms with Gasteiger partial charge in [0.25, 0.3) is 0 Å². The molecule has 1 saturated carbocycles. The van der Waals surface area contributed by atoms with Gasteiger partial charge in [-0.25, -0.2) is 9.97 Å². The molecule has 0 bridgehead atoms. The first-order valence-corrected chi connectivity index (χ1v) is 8.19. The molecule has 1 aromatic heterocycles. The number of rotatable bonds is 2. The molecule has 2 fully saturated rings. The van der Waals surface area contributed by atoms with Crippen molar-refractivity contribution in [3.8, 4) is 0 Å². The lowest BCUT2D eigenvalue weighted by molar-refractivity contribution is -0.0654. The Kier molecular flexibility index (Phi) is 4.50. The Morgan fingerprint density at radius 2 is 2.00 bits per heavy atom. The van der Waals surface area contributed by atoms with Gasteiger partial charge in [-0.2, -0.15) is 0 Å². The topological polar surface area (TPSA) is 50.3 Å². The predicted octanol–water partition coefficient (Wildman–Crippen LogP) is 3.10. The molecule has 0 aromatic carbocycles. The van der Waals surface area contributed by atoms with Crippen LogP contribution in [0.1, 0.15) is 38.5 Å². The maximum Gasteiger partial charge on any atom is 0.157 e. The van der Waals surface area contributed by atoms with Crippen LogP contribution in [0.3, 0.4) is 0 Å². The summed E-state index contributed by atoms with van der Waals surface area (Å²) in [7, 11) is 1.86. The molecule has 1 aliphatic heterocycles. The summed E-state index contributed by atoms with van der Waals surface area (Å²) in [4.78, 5) is 10.8. The van der Waals surface area contributed by atoms with Gasteiger partial charge in [0, 0.05) is 20.1 Å². The summed E-state index contributed by atoms with van der Waals surface area (Å²) >= 11 is 6.18. The Morgan fingerprint density at radius 3 is 2.71 bits per heavy atom. The summed E-state index contributed by atoms with van der Waals surface area (Å²) < 4.78 is 6.20. The minimum atomic E-state index is -0.00279. The third-order valence-corrected chi connectivity index (χ3v) is 4.88. The fourth-order valence-electron chi connectivity index (χ4n) is 3.51. The second-order valence-corrected chi connectivity index (χ2v) is 6.34. The van der Waals surface area contributed by atoms with Crippen LogP contribution in [-0.4, -0.2) is 42.3 Å². The molecule has 5 nitrogen and oxygen atoms in total. The van der Waals surface area contributed by atoms with Crippen LogP contribution in [0.25, 0.3) is 0 Å². The molecule has 21 heavy (non-hydrogen) atoms. The number of ether oxygens (including phenoxy) is 1. The van der Waals surface area contributed by atoms with Gasteiger partial charge in [0.15, 0.2) is 11.0 Å². The van der Waals surface area contributed by atoms with Crippen molar-refractivity contribution >= 4 is 23.1 Å². The molecule has 0 atom stereocenters. The van der Waals surface area contributed by atoms with E-state index in [-0.39, 0.29) is 5.60 Å². The first-order valence-electron chi connectivity index (χ1n) is 7.81. The zero-order chi connectivity index (χ0) is 14.7. The molecule has 1 spiro atoms. The first kappa shape index (κ1) is 14.9. The molecule has 1 aliphatic carbocycles. The van der Waals surface area contributed by atoms with Gasteiger partial charge in [0.1, 0.15) is 12.0 Å². The summed E-state index contributed by atoms with van der Waals surface area (Å²) in [6.45, 7) is 2.50. The van der Waals surface area contributed by atoms with E-state index in [9.17, 15) is 0 Å². The lowest BCUT2D eigenvalue weighted by Crippen LogP contribution is -2.52. The van der Waals surface area contributed by atoms with Crippen molar-refractivity contribution in [2.24, 2.45) is 0 Å². The average Bonchev–Trinajstić information content (AvgIpc) is 2.72. The Bertz CT molecular complexity index is 489. The Balaban J connectivity index is 1.84. The molecular weight excluding hydrogens is 288 g/mol. The SMILES string of the molecule is CNc1c(Cl)ncnc1N1CCOC2(CCCCCC2)C1. The molecule has 2 heterocycles. The summed E-state index contributed by atoms with van der Waals surface area (Å²) in [5, 5.41) is 3.60. The first-order chi connectivity index (χ1) is 10.2. The molecule has 0 amide bonds. The van der Waals surface area contributed by atoms with Gasteiger partial charge in [-0.05, 0) is 12.8 Å². The van der Waals surface area contributed by atoms with Crippen LogP contribution in [-0.2, 0) is 4.74 Å². The van der Waals surface area contributed by atoms with Crippen molar-refractivity contribution in [2.75, 3.05) is 37.0 Å². The molecule has 116 valence electrons. The predicted molar refractivity (Wildman–Crippen MR) is 85.2 cm³/mol. The minimum Gasteiger partial charge on any atom is -0.383 e. The number of hydrogen-bond donors (Lipinski definition) is 1. The van der Waals surface area contributed by atoms with E-state index in [4.69, 9.17) is 16.3 Å². The normalized spacial score (nSPS) is 22.1. The fraction of sp³-hybridized carbons (Fsp3) is 0.733. The van der Waals surface area contributed by atoms with Gasteiger partial charge in [-0.1, -0.05) is 37.3 Å². The molecule has 1 aromatic rings. The van der Waals surface area contributed by atoms with Crippen molar-refractivity contribution in [3.63, 3.8) is 0 Å². The zero-order valence-electron chi connectivity index (χ0n) is 12.6. The highest BCUT2D eigenvalue weighted by Crippen LogP contribution is 2.37. The zero-order valence-corrected chi connectivity index (χ0v) is 13.3. The van der Waals surface area contributed by atoms with Gasteiger partial charge in [-0.3, -0.25) is 0 Å². The van der Waals surface area contributed by atoms with Crippen LogP contribution >= 0.6 is 11.6 Å². The van der Waals surface area contributed by atoms with Crippen molar-refractivity contribution < 1.29 is 4.74 Å². The van der Waals surface area contributed by atoms with Crippen molar-refractivity contribution in [1.29, 1.82) is 0 Å². The van der Waals surface area contributed by atoms with Gasteiger partial charge < -0.3 is 15.0 Å². The van der Waals surface area contributed by atoms with E-state index in [1.54, 1.807) is 0 Å². The molecule has 2 aliphatic rings. The van der Waals surface area contributed by atoms with E-state index in [0.717, 1.165) is 44.0 Å². The number of morpholine rings is 1. The third kappa shape index (κ3) is 3.09. The third-order valence-electron chi connectivity index (χ3n) is 4.59. The average molecular weight is 311 g/mol. The van der Waals surface area contributed by atoms with Crippen molar-refractivity contribution in [2.45, 2.75) is 44.1 Å². The van der Waals surface area contributed by atoms with Crippen LogP contribution in [0.2, 0.25) is 5.15 Å². The monoisotopic (exact) mass is 310 g/mol. The number of hydrogen-bond acceptors (Lipinski definition) is 5. The molecule has 1 N–H and O–H groups in total. The van der Waals surface area contributed by atoms with E-state index >= 15 is 0 Å². The van der Waals surface area contributed by atoms with Gasteiger partial charge in [0.2, 0.25) is 0 Å². The van der Waals surface area contributed by atoms with E-state index in [1.807, 2.05) is 7.05 Å². The minimum absolute atomic E-state index is 0.00279. The smallest absolute Gasteiger partial charge is 0.157 e. The standard InChI is InChI=1S/C15H23ClN4O/c1-17-12-13(16)18-11-19-14(12)20-8-9-21-15(10-20)6-4-2-3-5-7-15/h11,17H,2-10H2,1H3. The Morgan fingerprint density at radius 1 is 1.24 bits per heavy atom. The number of nitrogens with zero attached hydrogens (tertiary/aromatic N) is 3. The second kappa shape index (κ2) is 6.36. The summed E-state index contributed by atoms with van der Waals surface area (Å²) in [5.74, 6) is 0.893. The lowest BCUT2D eigenvalue weighted by atomic mass is 9.92. The fourth-order valence-corrected chi connectivity index (χ4v) is 3.73.